The summed E-state index contributed by atoms with van der Waals surface area (Å²) in [6.45, 7) is 6.73. The fourth-order valence-corrected chi connectivity index (χ4v) is 14.9. The number of fused-ring (bicyclic) bond motifs is 2. The van der Waals surface area contributed by atoms with Crippen LogP contribution in [0.5, 0.6) is 0 Å². The molecule has 7 heteroatoms. The van der Waals surface area contributed by atoms with Gasteiger partial charge in [-0.25, -0.2) is 4.79 Å². The number of hydrogen-bond acceptors (Lipinski definition) is 7. The van der Waals surface area contributed by atoms with E-state index in [-0.39, 0.29) is 49.1 Å². The van der Waals surface area contributed by atoms with E-state index in [4.69, 9.17) is 9.47 Å². The number of aliphatic hydroxyl groups excluding tert-OH is 2. The lowest BCUT2D eigenvalue weighted by Gasteiger charge is -2.72. The van der Waals surface area contributed by atoms with Crippen molar-refractivity contribution >= 4 is 11.9 Å². The van der Waals surface area contributed by atoms with E-state index < -0.39 is 63.4 Å². The third-order valence-corrected chi connectivity index (χ3v) is 18.1. The second-order valence-electron chi connectivity index (χ2n) is 21.8. The van der Waals surface area contributed by atoms with Crippen molar-refractivity contribution in [2.45, 2.75) is 160 Å². The molecular weight excluding hydrogens is 785 g/mol. The van der Waals surface area contributed by atoms with Gasteiger partial charge in [0.05, 0.1) is 34.1 Å². The minimum Gasteiger partial charge on any atom is -0.461 e. The van der Waals surface area contributed by atoms with Gasteiger partial charge in [0.25, 0.3) is 0 Å². The normalized spacial score (nSPS) is 40.0. The second kappa shape index (κ2) is 17.5. The molecule has 3 N–H and O–H groups in total. The predicted molar refractivity (Wildman–Crippen MR) is 243 cm³/mol. The van der Waals surface area contributed by atoms with Crippen molar-refractivity contribution in [3.05, 3.63) is 83.4 Å². The van der Waals surface area contributed by atoms with Crippen LogP contribution in [0, 0.1) is 80.8 Å². The van der Waals surface area contributed by atoms with Crippen LogP contribution in [0.25, 0.3) is 0 Å². The summed E-state index contributed by atoms with van der Waals surface area (Å²) in [6, 6.07) is 21.1. The molecule has 13 unspecified atom stereocenters. The number of carbonyl (C=O) groups excluding carboxylic acids is 2. The van der Waals surface area contributed by atoms with Gasteiger partial charge in [0.15, 0.2) is 0 Å². The predicted octanol–water partition coefficient (Wildman–Crippen LogP) is 9.35. The number of carbonyl (C=O) groups is 2. The zero-order chi connectivity index (χ0) is 44.0. The maximum Gasteiger partial charge on any atom is 0.331 e. The maximum absolute atomic E-state index is 15.7. The molecule has 0 saturated heterocycles. The van der Waals surface area contributed by atoms with Gasteiger partial charge < -0.3 is 24.8 Å². The zero-order valence-corrected chi connectivity index (χ0v) is 38.0. The van der Waals surface area contributed by atoms with Gasteiger partial charge in [-0.3, -0.25) is 4.79 Å². The van der Waals surface area contributed by atoms with E-state index in [1.54, 1.807) is 0 Å². The first-order valence-electron chi connectivity index (χ1n) is 24.6. The summed E-state index contributed by atoms with van der Waals surface area (Å²) < 4.78 is 12.6. The summed E-state index contributed by atoms with van der Waals surface area (Å²) in [4.78, 5) is 28.1. The fraction of sp³-hybridized carbons (Fsp3) is 0.643. The van der Waals surface area contributed by atoms with Crippen molar-refractivity contribution in [3.63, 3.8) is 0 Å². The second-order valence-corrected chi connectivity index (χ2v) is 21.8. The van der Waals surface area contributed by atoms with Gasteiger partial charge in [-0.15, -0.1) is 5.92 Å². The standard InChI is InChI=1S/C56H70O7/c1-38(14-12-19-39-15-6-4-7-16-39)32-43-23-25-45-24-22-41(33-40-17-8-5-9-18-40)35-54(45)29-13-28-52(2)36-46(63-51(54)60)49-53(3,44-20-10-11-21-44)30-27-47(57)56(49,50(43)59)55(52,61)31-26-42-34-48(58)62-37-42/h4-9,15-18,34,38,41,43-47,49-50,57,59,61H,10-12,14,19-22,24,26-27,29-33,35-37H2,1-3H3. The van der Waals surface area contributed by atoms with Gasteiger partial charge in [-0.1, -0.05) is 112 Å². The number of benzene rings is 2. The molecule has 9 rings (SSSR count). The molecule has 13 atom stereocenters. The molecule has 4 fully saturated rings. The van der Waals surface area contributed by atoms with E-state index in [2.05, 4.69) is 86.1 Å². The maximum atomic E-state index is 15.7. The quantitative estimate of drug-likeness (QED) is 0.144. The van der Waals surface area contributed by atoms with Crippen LogP contribution in [0.1, 0.15) is 135 Å². The Bertz CT molecular complexity index is 2160. The third kappa shape index (κ3) is 7.71. The summed E-state index contributed by atoms with van der Waals surface area (Å²) in [7, 11) is 0. The molecule has 0 aromatic heterocycles. The minimum absolute atomic E-state index is 0.154. The number of aliphatic hydroxyl groups is 3. The largest absolute Gasteiger partial charge is 0.461 e. The van der Waals surface area contributed by atoms with E-state index in [0.717, 1.165) is 69.8 Å². The van der Waals surface area contributed by atoms with Gasteiger partial charge in [-0.05, 0) is 130 Å². The Morgan fingerprint density at radius 2 is 1.60 bits per heavy atom. The number of aryl methyl sites for hydroxylation is 1. The molecule has 336 valence electrons. The summed E-state index contributed by atoms with van der Waals surface area (Å²) >= 11 is 0. The summed E-state index contributed by atoms with van der Waals surface area (Å²) in [5, 5.41) is 41.5. The molecule has 4 saturated carbocycles. The molecule has 4 bridgehead atoms. The van der Waals surface area contributed by atoms with E-state index in [9.17, 15) is 20.1 Å². The van der Waals surface area contributed by atoms with E-state index >= 15 is 4.79 Å². The van der Waals surface area contributed by atoms with E-state index in [1.165, 1.54) is 17.2 Å². The first-order chi connectivity index (χ1) is 30.3. The topological polar surface area (TPSA) is 113 Å². The van der Waals surface area contributed by atoms with Gasteiger partial charge in [0.2, 0.25) is 0 Å². The average molecular weight is 855 g/mol. The van der Waals surface area contributed by atoms with Crippen molar-refractivity contribution in [2.75, 3.05) is 6.61 Å². The van der Waals surface area contributed by atoms with Crippen molar-refractivity contribution < 1.29 is 34.4 Å². The molecule has 0 amide bonds. The first-order valence-corrected chi connectivity index (χ1v) is 24.6. The number of ether oxygens (including phenoxy) is 2. The Morgan fingerprint density at radius 1 is 0.873 bits per heavy atom. The highest BCUT2D eigenvalue weighted by Crippen LogP contribution is 2.72. The lowest BCUT2D eigenvalue weighted by molar-refractivity contribution is -0.341. The number of rotatable bonds is 12. The van der Waals surface area contributed by atoms with Crippen molar-refractivity contribution in [3.8, 4) is 23.7 Å². The van der Waals surface area contributed by atoms with Gasteiger partial charge >= 0.3 is 11.9 Å². The Labute approximate surface area is 376 Å². The lowest BCUT2D eigenvalue weighted by Crippen LogP contribution is -2.80. The summed E-state index contributed by atoms with van der Waals surface area (Å²) in [6.07, 6.45) is 11.5. The van der Waals surface area contributed by atoms with Gasteiger partial charge in [0.1, 0.15) is 12.7 Å². The third-order valence-electron chi connectivity index (χ3n) is 18.1. The summed E-state index contributed by atoms with van der Waals surface area (Å²) in [5.41, 5.74) is -2.64. The van der Waals surface area contributed by atoms with E-state index in [0.29, 0.717) is 38.5 Å². The number of hydrogen-bond donors (Lipinski definition) is 3. The highest BCUT2D eigenvalue weighted by Gasteiger charge is 2.79. The van der Waals surface area contributed by atoms with Gasteiger partial charge in [0, 0.05) is 36.7 Å². The molecule has 63 heavy (non-hydrogen) atoms. The van der Waals surface area contributed by atoms with Crippen molar-refractivity contribution in [2.24, 2.45) is 57.2 Å². The first kappa shape index (κ1) is 44.3. The fourth-order valence-electron chi connectivity index (χ4n) is 14.9. The van der Waals surface area contributed by atoms with Gasteiger partial charge in [-0.2, -0.15) is 0 Å². The Morgan fingerprint density at radius 3 is 2.32 bits per heavy atom. The van der Waals surface area contributed by atoms with Crippen LogP contribution in [-0.4, -0.2) is 57.8 Å². The molecule has 0 radical (unpaired) electrons. The minimum atomic E-state index is -1.76. The molecule has 4 aliphatic carbocycles. The van der Waals surface area contributed by atoms with Crippen molar-refractivity contribution in [1.29, 1.82) is 0 Å². The molecule has 7 aliphatic rings. The highest BCUT2D eigenvalue weighted by atomic mass is 16.5. The molecule has 3 aliphatic heterocycles. The Kier molecular flexibility index (Phi) is 12.3. The molecule has 3 heterocycles. The highest BCUT2D eigenvalue weighted by molar-refractivity contribution is 5.85. The van der Waals surface area contributed by atoms with Crippen LogP contribution in [0.3, 0.4) is 0 Å². The Balaban J connectivity index is 1.22. The number of esters is 2. The van der Waals surface area contributed by atoms with Crippen LogP contribution in [0.4, 0.5) is 0 Å². The summed E-state index contributed by atoms with van der Waals surface area (Å²) in [5.74, 6) is 13.3. The van der Waals surface area contributed by atoms with Crippen LogP contribution >= 0.6 is 0 Å². The van der Waals surface area contributed by atoms with Crippen LogP contribution in [0.15, 0.2) is 72.3 Å². The molecule has 1 spiro atoms. The molecule has 2 aromatic carbocycles. The molecule has 7 nitrogen and oxygen atoms in total. The average Bonchev–Trinajstić information content (AvgIpc) is 3.98. The number of cyclic esters (lactones) is 1. The molecular formula is C56H70O7. The van der Waals surface area contributed by atoms with E-state index in [1.807, 2.05) is 19.1 Å². The molecule has 2 aromatic rings. The monoisotopic (exact) mass is 855 g/mol. The van der Waals surface area contributed by atoms with Crippen molar-refractivity contribution in [1.82, 2.24) is 0 Å². The van der Waals surface area contributed by atoms with Crippen LogP contribution < -0.4 is 0 Å². The Hall–Kier alpha value is -3.88. The van der Waals surface area contributed by atoms with Crippen LogP contribution in [0.2, 0.25) is 0 Å². The smallest absolute Gasteiger partial charge is 0.331 e. The zero-order valence-electron chi connectivity index (χ0n) is 38.0. The van der Waals surface area contributed by atoms with Crippen LogP contribution in [-0.2, 0) is 31.9 Å². The SMILES string of the molecule is CC(CCCc1ccccc1)CC1C#CC2CCC(Cc3ccccc3)CC23CC#CC2(C)CC(OC3=O)C3C(C)(C4CCCC4)CCC(O)C3(C1O)C2(O)CCC1=CC(=O)OC1. The lowest BCUT2D eigenvalue weighted by atomic mass is 9.35.